The van der Waals surface area contributed by atoms with Crippen LogP contribution in [0.1, 0.15) is 27.8 Å². The van der Waals surface area contributed by atoms with E-state index in [9.17, 15) is 9.90 Å². The molecule has 0 unspecified atom stereocenters. The van der Waals surface area contributed by atoms with Gasteiger partial charge in [0.1, 0.15) is 0 Å². The standard InChI is InChI=1S/C23H18N6O2/c30-19-9-13-3-1-2-4-14(13)21(19)27-23(31)22-25-17-10-15-16(11-18(17)26-22)28-29-20(15)12-5-7-24-8-6-12/h1-8,10-11,19,21,28-30H,9H2,(H,27,31)/t19-,21+/m1/s1. The molecule has 4 N–H and O–H groups in total. The lowest BCUT2D eigenvalue weighted by Crippen LogP contribution is -2.34. The summed E-state index contributed by atoms with van der Waals surface area (Å²) in [6, 6.07) is 14.9. The molecule has 0 saturated carbocycles. The Bertz CT molecular complexity index is 1440. The monoisotopic (exact) mass is 410 g/mol. The van der Waals surface area contributed by atoms with Crippen molar-refractivity contribution in [2.45, 2.75) is 18.6 Å². The Morgan fingerprint density at radius 3 is 2.65 bits per heavy atom. The Morgan fingerprint density at radius 1 is 1.03 bits per heavy atom. The zero-order valence-corrected chi connectivity index (χ0v) is 16.3. The van der Waals surface area contributed by atoms with E-state index < -0.39 is 18.1 Å². The number of hydrogen-bond acceptors (Lipinski definition) is 5. The molecule has 8 nitrogen and oxygen atoms in total. The molecule has 1 aliphatic rings. The molecule has 8 heteroatoms. The van der Waals surface area contributed by atoms with Crippen molar-refractivity contribution >= 4 is 27.8 Å². The average molecular weight is 410 g/mol. The van der Waals surface area contributed by atoms with Crippen molar-refractivity contribution in [3.8, 4) is 11.3 Å². The molecule has 152 valence electrons. The molecule has 1 aliphatic carbocycles. The highest BCUT2D eigenvalue weighted by atomic mass is 16.3. The fourth-order valence-electron chi connectivity index (χ4n) is 4.32. The Morgan fingerprint density at radius 2 is 1.81 bits per heavy atom. The van der Waals surface area contributed by atoms with E-state index in [0.29, 0.717) is 17.5 Å². The molecule has 0 saturated heterocycles. The SMILES string of the molecule is O=C(N[C@H]1c2ccccc2C[C@H]1O)c1nc2cc3[nH][nH]c(-c4ccncc4)c3cc2n1. The van der Waals surface area contributed by atoms with Gasteiger partial charge in [0.25, 0.3) is 5.91 Å². The number of nitrogens with zero attached hydrogens (tertiary/aromatic N) is 3. The minimum Gasteiger partial charge on any atom is -0.390 e. The quantitative estimate of drug-likeness (QED) is 0.365. The summed E-state index contributed by atoms with van der Waals surface area (Å²) in [6.45, 7) is 0. The van der Waals surface area contributed by atoms with Gasteiger partial charge >= 0.3 is 0 Å². The van der Waals surface area contributed by atoms with Crippen molar-refractivity contribution in [2.75, 3.05) is 0 Å². The van der Waals surface area contributed by atoms with Gasteiger partial charge in [-0.1, -0.05) is 24.3 Å². The largest absolute Gasteiger partial charge is 0.390 e. The van der Waals surface area contributed by atoms with Crippen LogP contribution in [-0.2, 0) is 6.42 Å². The Labute approximate surface area is 176 Å². The van der Waals surface area contributed by atoms with Crippen molar-refractivity contribution in [1.82, 2.24) is 30.5 Å². The number of H-pyrrole nitrogens is 2. The van der Waals surface area contributed by atoms with Crippen LogP contribution in [0.4, 0.5) is 0 Å². The van der Waals surface area contributed by atoms with E-state index in [-0.39, 0.29) is 5.82 Å². The van der Waals surface area contributed by atoms with Crippen LogP contribution in [0.2, 0.25) is 0 Å². The van der Waals surface area contributed by atoms with Gasteiger partial charge < -0.3 is 15.5 Å². The molecule has 3 aromatic heterocycles. The Hall–Kier alpha value is -4.04. The topological polar surface area (TPSA) is 120 Å². The number of aliphatic hydroxyl groups excluding tert-OH is 1. The summed E-state index contributed by atoms with van der Waals surface area (Å²) >= 11 is 0. The van der Waals surface area contributed by atoms with Crippen LogP contribution in [-0.4, -0.2) is 42.3 Å². The first-order chi connectivity index (χ1) is 15.2. The van der Waals surface area contributed by atoms with Gasteiger partial charge in [0.2, 0.25) is 5.82 Å². The van der Waals surface area contributed by atoms with Crippen molar-refractivity contribution in [3.05, 3.63) is 77.9 Å². The molecular formula is C23H18N6O2. The highest BCUT2D eigenvalue weighted by Crippen LogP contribution is 2.32. The number of carbonyl (C=O) groups excluding carboxylic acids is 1. The van der Waals surface area contributed by atoms with Gasteiger partial charge in [-0.05, 0) is 35.4 Å². The molecule has 0 radical (unpaired) electrons. The van der Waals surface area contributed by atoms with E-state index in [1.807, 2.05) is 48.5 Å². The first kappa shape index (κ1) is 17.8. The number of aromatic nitrogens is 5. The Kier molecular flexibility index (Phi) is 3.87. The van der Waals surface area contributed by atoms with Crippen molar-refractivity contribution in [2.24, 2.45) is 0 Å². The van der Waals surface area contributed by atoms with Crippen molar-refractivity contribution in [1.29, 1.82) is 0 Å². The normalized spacial score (nSPS) is 17.8. The second kappa shape index (κ2) is 6.75. The lowest BCUT2D eigenvalue weighted by molar-refractivity contribution is 0.0849. The predicted molar refractivity (Wildman–Crippen MR) is 115 cm³/mol. The van der Waals surface area contributed by atoms with E-state index in [1.165, 1.54) is 0 Å². The molecule has 6 rings (SSSR count). The lowest BCUT2D eigenvalue weighted by Gasteiger charge is -2.16. The molecule has 5 aromatic rings. The van der Waals surface area contributed by atoms with Crippen LogP contribution < -0.4 is 5.32 Å². The number of pyridine rings is 1. The van der Waals surface area contributed by atoms with E-state index in [2.05, 4.69) is 30.5 Å². The van der Waals surface area contributed by atoms with Crippen LogP contribution in [0.3, 0.4) is 0 Å². The second-order valence-electron chi connectivity index (χ2n) is 7.72. The molecule has 2 aromatic carbocycles. The molecule has 1 amide bonds. The zero-order valence-electron chi connectivity index (χ0n) is 16.3. The molecule has 3 heterocycles. The number of amides is 1. The fraction of sp³-hybridized carbons (Fsp3) is 0.130. The average Bonchev–Trinajstić information content (AvgIpc) is 3.48. The highest BCUT2D eigenvalue weighted by molar-refractivity contribution is 6.02. The minimum atomic E-state index is -0.665. The highest BCUT2D eigenvalue weighted by Gasteiger charge is 2.32. The maximum absolute atomic E-state index is 12.9. The summed E-state index contributed by atoms with van der Waals surface area (Å²) in [5.41, 5.74) is 6.01. The fourth-order valence-corrected chi connectivity index (χ4v) is 4.32. The smallest absolute Gasteiger partial charge is 0.289 e. The number of nitrogens with one attached hydrogen (secondary N) is 3. The van der Waals surface area contributed by atoms with Crippen LogP contribution in [0.15, 0.2) is 60.9 Å². The van der Waals surface area contributed by atoms with Gasteiger partial charge in [-0.2, -0.15) is 0 Å². The number of aliphatic hydroxyl groups is 1. The number of imidazole rings is 1. The first-order valence-corrected chi connectivity index (χ1v) is 10.0. The van der Waals surface area contributed by atoms with Gasteiger partial charge in [-0.3, -0.25) is 14.9 Å². The third-order valence-electron chi connectivity index (χ3n) is 5.82. The van der Waals surface area contributed by atoms with Crippen LogP contribution in [0, 0.1) is 0 Å². The number of carbonyl (C=O) groups is 1. The summed E-state index contributed by atoms with van der Waals surface area (Å²) in [5.74, 6) is -0.310. The van der Waals surface area contributed by atoms with Gasteiger partial charge in [0.15, 0.2) is 0 Å². The van der Waals surface area contributed by atoms with Crippen LogP contribution in [0.5, 0.6) is 0 Å². The molecule has 0 aliphatic heterocycles. The summed E-state index contributed by atoms with van der Waals surface area (Å²) in [4.78, 5) is 25.8. The molecule has 31 heavy (non-hydrogen) atoms. The predicted octanol–water partition coefficient (Wildman–Crippen LogP) is 2.89. The molecule has 0 spiro atoms. The lowest BCUT2D eigenvalue weighted by atomic mass is 10.1. The minimum absolute atomic E-state index is 0.0914. The Balaban J connectivity index is 1.34. The zero-order chi connectivity index (χ0) is 20.9. The van der Waals surface area contributed by atoms with E-state index >= 15 is 0 Å². The summed E-state index contributed by atoms with van der Waals surface area (Å²) in [7, 11) is 0. The molecular weight excluding hydrogens is 392 g/mol. The molecule has 0 fully saturated rings. The maximum Gasteiger partial charge on any atom is 0.289 e. The molecule has 0 bridgehead atoms. The number of hydrogen-bond donors (Lipinski definition) is 4. The van der Waals surface area contributed by atoms with Crippen LogP contribution in [0.25, 0.3) is 33.2 Å². The third kappa shape index (κ3) is 2.88. The van der Waals surface area contributed by atoms with E-state index in [1.54, 1.807) is 12.4 Å². The first-order valence-electron chi connectivity index (χ1n) is 10.0. The third-order valence-corrected chi connectivity index (χ3v) is 5.82. The van der Waals surface area contributed by atoms with Gasteiger partial charge in [-0.25, -0.2) is 9.97 Å². The second-order valence-corrected chi connectivity index (χ2v) is 7.72. The number of aromatic amines is 2. The molecule has 2 atom stereocenters. The van der Waals surface area contributed by atoms with E-state index in [4.69, 9.17) is 0 Å². The summed E-state index contributed by atoms with van der Waals surface area (Å²) < 4.78 is 0. The van der Waals surface area contributed by atoms with Gasteiger partial charge in [0, 0.05) is 29.8 Å². The number of fused-ring (bicyclic) bond motifs is 3. The van der Waals surface area contributed by atoms with Gasteiger partial charge in [0.05, 0.1) is 34.4 Å². The summed E-state index contributed by atoms with van der Waals surface area (Å²) in [6.07, 6.45) is 3.33. The van der Waals surface area contributed by atoms with E-state index in [0.717, 1.165) is 33.3 Å². The summed E-state index contributed by atoms with van der Waals surface area (Å²) in [5, 5.41) is 20.6. The maximum atomic E-state index is 12.9. The van der Waals surface area contributed by atoms with Crippen molar-refractivity contribution < 1.29 is 9.90 Å². The number of rotatable bonds is 3. The van der Waals surface area contributed by atoms with Crippen molar-refractivity contribution in [3.63, 3.8) is 0 Å². The number of benzene rings is 2. The van der Waals surface area contributed by atoms with Crippen LogP contribution >= 0.6 is 0 Å². The van der Waals surface area contributed by atoms with Gasteiger partial charge in [-0.15, -0.1) is 0 Å².